The molecule has 0 aliphatic rings. The zero-order valence-electron chi connectivity index (χ0n) is 10.3. The van der Waals surface area contributed by atoms with Crippen molar-refractivity contribution in [2.24, 2.45) is 5.92 Å². The third kappa shape index (κ3) is 6.47. The van der Waals surface area contributed by atoms with Crippen molar-refractivity contribution >= 4 is 0 Å². The van der Waals surface area contributed by atoms with Gasteiger partial charge in [-0.05, 0) is 30.9 Å². The lowest BCUT2D eigenvalue weighted by Gasteiger charge is -2.11. The Morgan fingerprint density at radius 3 is 2.60 bits per heavy atom. The van der Waals surface area contributed by atoms with Crippen LogP contribution in [0.1, 0.15) is 33.6 Å². The lowest BCUT2D eigenvalue weighted by molar-refractivity contribution is 0.327. The molecule has 0 spiro atoms. The lowest BCUT2D eigenvalue weighted by Crippen LogP contribution is -2.19. The second-order valence-corrected chi connectivity index (χ2v) is 4.02. The second kappa shape index (κ2) is 8.69. The maximum absolute atomic E-state index is 9.18. The van der Waals surface area contributed by atoms with Crippen molar-refractivity contribution in [1.29, 1.82) is 0 Å². The van der Waals surface area contributed by atoms with Crippen LogP contribution in [0.3, 0.4) is 0 Å². The molecular weight excluding hydrogens is 186 g/mol. The highest BCUT2D eigenvalue weighted by atomic mass is 16.3. The maximum atomic E-state index is 9.18. The summed E-state index contributed by atoms with van der Waals surface area (Å²) >= 11 is 0. The SMILES string of the molecule is C=C(/C=C(/CO)CNCCC)C(C)CC. The van der Waals surface area contributed by atoms with Crippen molar-refractivity contribution in [3.8, 4) is 0 Å². The summed E-state index contributed by atoms with van der Waals surface area (Å²) in [5, 5.41) is 12.5. The Kier molecular flexibility index (Phi) is 8.34. The van der Waals surface area contributed by atoms with Crippen LogP contribution in [0, 0.1) is 5.92 Å². The Labute approximate surface area is 94.1 Å². The van der Waals surface area contributed by atoms with Crippen LogP contribution < -0.4 is 5.32 Å². The number of rotatable bonds is 8. The van der Waals surface area contributed by atoms with Gasteiger partial charge in [0, 0.05) is 6.54 Å². The minimum absolute atomic E-state index is 0.117. The maximum Gasteiger partial charge on any atom is 0.0657 e. The van der Waals surface area contributed by atoms with E-state index in [1.54, 1.807) is 0 Å². The van der Waals surface area contributed by atoms with Gasteiger partial charge < -0.3 is 10.4 Å². The van der Waals surface area contributed by atoms with Gasteiger partial charge in [-0.15, -0.1) is 0 Å². The molecule has 0 radical (unpaired) electrons. The Morgan fingerprint density at radius 1 is 1.47 bits per heavy atom. The van der Waals surface area contributed by atoms with E-state index in [2.05, 4.69) is 32.7 Å². The van der Waals surface area contributed by atoms with Gasteiger partial charge in [-0.1, -0.05) is 39.0 Å². The van der Waals surface area contributed by atoms with E-state index in [1.807, 2.05) is 6.08 Å². The smallest absolute Gasteiger partial charge is 0.0657 e. The van der Waals surface area contributed by atoms with Crippen LogP contribution in [-0.4, -0.2) is 24.8 Å². The van der Waals surface area contributed by atoms with E-state index in [4.69, 9.17) is 0 Å². The van der Waals surface area contributed by atoms with E-state index in [-0.39, 0.29) is 6.61 Å². The molecule has 0 rings (SSSR count). The molecule has 0 aromatic heterocycles. The van der Waals surface area contributed by atoms with E-state index >= 15 is 0 Å². The van der Waals surface area contributed by atoms with E-state index in [0.29, 0.717) is 5.92 Å². The molecule has 1 atom stereocenters. The number of hydrogen-bond donors (Lipinski definition) is 2. The van der Waals surface area contributed by atoms with Crippen molar-refractivity contribution in [1.82, 2.24) is 5.32 Å². The molecule has 0 saturated carbocycles. The van der Waals surface area contributed by atoms with Gasteiger partial charge in [-0.25, -0.2) is 0 Å². The summed E-state index contributed by atoms with van der Waals surface area (Å²) in [6.45, 7) is 12.3. The minimum atomic E-state index is 0.117. The number of hydrogen-bond acceptors (Lipinski definition) is 2. The van der Waals surface area contributed by atoms with E-state index in [9.17, 15) is 5.11 Å². The van der Waals surface area contributed by atoms with E-state index < -0.39 is 0 Å². The van der Waals surface area contributed by atoms with Gasteiger partial charge >= 0.3 is 0 Å². The molecule has 0 heterocycles. The molecule has 0 bridgehead atoms. The van der Waals surface area contributed by atoms with Crippen LogP contribution >= 0.6 is 0 Å². The van der Waals surface area contributed by atoms with Crippen LogP contribution in [0.4, 0.5) is 0 Å². The topological polar surface area (TPSA) is 32.3 Å². The molecule has 2 nitrogen and oxygen atoms in total. The van der Waals surface area contributed by atoms with Crippen molar-refractivity contribution in [3.05, 3.63) is 23.8 Å². The molecule has 2 N–H and O–H groups in total. The zero-order valence-corrected chi connectivity index (χ0v) is 10.3. The molecule has 0 fully saturated rings. The first-order chi connectivity index (χ1) is 7.15. The van der Waals surface area contributed by atoms with Crippen molar-refractivity contribution < 1.29 is 5.11 Å². The highest BCUT2D eigenvalue weighted by Gasteiger charge is 2.03. The molecule has 88 valence electrons. The highest BCUT2D eigenvalue weighted by molar-refractivity contribution is 5.23. The molecule has 0 saturated heterocycles. The van der Waals surface area contributed by atoms with Crippen molar-refractivity contribution in [2.75, 3.05) is 19.7 Å². The van der Waals surface area contributed by atoms with Gasteiger partial charge in [0.1, 0.15) is 0 Å². The molecule has 2 heteroatoms. The Hall–Kier alpha value is -0.600. The van der Waals surface area contributed by atoms with Gasteiger partial charge in [-0.2, -0.15) is 0 Å². The van der Waals surface area contributed by atoms with E-state index in [1.165, 1.54) is 0 Å². The average molecular weight is 211 g/mol. The summed E-state index contributed by atoms with van der Waals surface area (Å²) in [5.41, 5.74) is 2.13. The molecule has 0 aromatic rings. The number of aliphatic hydroxyl groups is 1. The van der Waals surface area contributed by atoms with Crippen LogP contribution in [0.2, 0.25) is 0 Å². The third-order valence-corrected chi connectivity index (χ3v) is 2.62. The predicted octanol–water partition coefficient (Wildman–Crippen LogP) is 2.51. The summed E-state index contributed by atoms with van der Waals surface area (Å²) in [6.07, 6.45) is 4.23. The third-order valence-electron chi connectivity index (χ3n) is 2.62. The van der Waals surface area contributed by atoms with Crippen molar-refractivity contribution in [2.45, 2.75) is 33.6 Å². The second-order valence-electron chi connectivity index (χ2n) is 4.02. The normalized spacial score (nSPS) is 14.0. The number of nitrogens with one attached hydrogen (secondary N) is 1. The van der Waals surface area contributed by atoms with Gasteiger partial charge in [0.25, 0.3) is 0 Å². The number of allylic oxidation sites excluding steroid dienone is 2. The quantitative estimate of drug-likeness (QED) is 0.477. The van der Waals surface area contributed by atoms with Gasteiger partial charge in [0.15, 0.2) is 0 Å². The Bertz CT molecular complexity index is 209. The van der Waals surface area contributed by atoms with Crippen LogP contribution in [0.25, 0.3) is 0 Å². The Morgan fingerprint density at radius 2 is 2.13 bits per heavy atom. The Balaban J connectivity index is 4.13. The first-order valence-electron chi connectivity index (χ1n) is 5.85. The van der Waals surface area contributed by atoms with Crippen LogP contribution in [0.15, 0.2) is 23.8 Å². The summed E-state index contributed by atoms with van der Waals surface area (Å²) < 4.78 is 0. The van der Waals surface area contributed by atoms with Crippen LogP contribution in [-0.2, 0) is 0 Å². The minimum Gasteiger partial charge on any atom is -0.392 e. The summed E-state index contributed by atoms with van der Waals surface area (Å²) in [4.78, 5) is 0. The molecule has 1 unspecified atom stereocenters. The van der Waals surface area contributed by atoms with Gasteiger partial charge in [0.05, 0.1) is 6.61 Å². The summed E-state index contributed by atoms with van der Waals surface area (Å²) in [5.74, 6) is 0.498. The summed E-state index contributed by atoms with van der Waals surface area (Å²) in [7, 11) is 0. The van der Waals surface area contributed by atoms with E-state index in [0.717, 1.165) is 37.1 Å². The summed E-state index contributed by atoms with van der Waals surface area (Å²) in [6, 6.07) is 0. The fraction of sp³-hybridized carbons (Fsp3) is 0.692. The molecule has 0 aliphatic carbocycles. The van der Waals surface area contributed by atoms with Crippen molar-refractivity contribution in [3.63, 3.8) is 0 Å². The fourth-order valence-corrected chi connectivity index (χ4v) is 1.24. The first-order valence-corrected chi connectivity index (χ1v) is 5.85. The number of aliphatic hydroxyl groups excluding tert-OH is 1. The molecule has 0 aromatic carbocycles. The lowest BCUT2D eigenvalue weighted by atomic mass is 9.98. The molecule has 0 aliphatic heterocycles. The zero-order chi connectivity index (χ0) is 11.7. The van der Waals surface area contributed by atoms with Gasteiger partial charge in [-0.3, -0.25) is 0 Å². The fourth-order valence-electron chi connectivity index (χ4n) is 1.24. The van der Waals surface area contributed by atoms with Gasteiger partial charge in [0.2, 0.25) is 0 Å². The standard InChI is InChI=1S/C13H25NO/c1-5-7-14-9-13(10-15)8-12(4)11(3)6-2/h8,11,14-15H,4-7,9-10H2,1-3H3/b13-8+. The highest BCUT2D eigenvalue weighted by Crippen LogP contribution is 2.14. The average Bonchev–Trinajstić information content (AvgIpc) is 2.26. The monoisotopic (exact) mass is 211 g/mol. The van der Waals surface area contributed by atoms with Crippen LogP contribution in [0.5, 0.6) is 0 Å². The molecule has 0 amide bonds. The molecular formula is C13H25NO. The largest absolute Gasteiger partial charge is 0.392 e. The predicted molar refractivity (Wildman–Crippen MR) is 66.9 cm³/mol. The molecule has 15 heavy (non-hydrogen) atoms. The first kappa shape index (κ1) is 14.4.